The van der Waals surface area contributed by atoms with Gasteiger partial charge in [0.1, 0.15) is 0 Å². The first-order valence-electron chi connectivity index (χ1n) is 8.63. The number of hydrogen-bond donors (Lipinski definition) is 1. The Kier molecular flexibility index (Phi) is 3.40. The van der Waals surface area contributed by atoms with E-state index in [4.69, 9.17) is 4.74 Å². The molecule has 3 fully saturated rings. The molecule has 1 spiro atoms. The Morgan fingerprint density at radius 2 is 1.83 bits per heavy atom. The molecule has 1 aromatic carbocycles. The van der Waals surface area contributed by atoms with Crippen molar-refractivity contribution < 1.29 is 23.0 Å². The van der Waals surface area contributed by atoms with E-state index in [2.05, 4.69) is 13.8 Å². The average Bonchev–Trinajstić information content (AvgIpc) is 3.01. The largest absolute Gasteiger partial charge is 0.416 e. The van der Waals surface area contributed by atoms with E-state index in [1.165, 1.54) is 12.1 Å². The van der Waals surface area contributed by atoms with Crippen molar-refractivity contribution in [2.75, 3.05) is 6.61 Å². The third-order valence-electron chi connectivity index (χ3n) is 7.00. The highest BCUT2D eigenvalue weighted by Crippen LogP contribution is 2.70. The summed E-state index contributed by atoms with van der Waals surface area (Å²) in [5.74, 6) is 0.646. The first kappa shape index (κ1) is 16.4. The average molecular weight is 340 g/mol. The molecule has 132 valence electrons. The zero-order valence-electron chi connectivity index (χ0n) is 13.9. The van der Waals surface area contributed by atoms with Crippen LogP contribution in [-0.2, 0) is 10.9 Å². The highest BCUT2D eigenvalue weighted by molar-refractivity contribution is 5.29. The molecule has 1 N–H and O–H groups in total. The lowest BCUT2D eigenvalue weighted by atomic mass is 9.60. The number of fused-ring (bicyclic) bond motifs is 1. The second-order valence-corrected chi connectivity index (χ2v) is 8.36. The van der Waals surface area contributed by atoms with Crippen LogP contribution in [0.5, 0.6) is 0 Å². The van der Waals surface area contributed by atoms with Gasteiger partial charge in [0, 0.05) is 12.0 Å². The number of aliphatic hydroxyl groups excluding tert-OH is 1. The minimum atomic E-state index is -4.32. The number of ether oxygens (including phenoxy) is 1. The first-order chi connectivity index (χ1) is 11.2. The Morgan fingerprint density at radius 1 is 1.17 bits per heavy atom. The van der Waals surface area contributed by atoms with Gasteiger partial charge in [-0.1, -0.05) is 26.0 Å². The molecule has 0 amide bonds. The summed E-state index contributed by atoms with van der Waals surface area (Å²) in [5.41, 5.74) is -0.0614. The van der Waals surface area contributed by atoms with Gasteiger partial charge in [0.2, 0.25) is 0 Å². The smallest absolute Gasteiger partial charge is 0.392 e. The fourth-order valence-corrected chi connectivity index (χ4v) is 5.61. The summed E-state index contributed by atoms with van der Waals surface area (Å²) in [6, 6.07) is 5.34. The second kappa shape index (κ2) is 4.98. The Balaban J connectivity index is 1.64. The summed E-state index contributed by atoms with van der Waals surface area (Å²) in [4.78, 5) is 0. The monoisotopic (exact) mass is 340 g/mol. The molecule has 1 aromatic rings. The second-order valence-electron chi connectivity index (χ2n) is 8.36. The topological polar surface area (TPSA) is 29.5 Å². The maximum Gasteiger partial charge on any atom is 0.416 e. The van der Waals surface area contributed by atoms with Crippen molar-refractivity contribution in [1.82, 2.24) is 0 Å². The van der Waals surface area contributed by atoms with Crippen LogP contribution in [0.25, 0.3) is 0 Å². The number of alkyl halides is 3. The number of hydrogen-bond acceptors (Lipinski definition) is 2. The van der Waals surface area contributed by atoms with Crippen molar-refractivity contribution in [3.05, 3.63) is 35.4 Å². The zero-order chi connectivity index (χ0) is 17.3. The minimum absolute atomic E-state index is 0.0848. The van der Waals surface area contributed by atoms with E-state index in [1.54, 1.807) is 0 Å². The first-order valence-corrected chi connectivity index (χ1v) is 8.63. The Labute approximate surface area is 140 Å². The van der Waals surface area contributed by atoms with Gasteiger partial charge in [0.25, 0.3) is 0 Å². The van der Waals surface area contributed by atoms with Crippen LogP contribution in [0.1, 0.15) is 50.3 Å². The van der Waals surface area contributed by atoms with Gasteiger partial charge in [-0.15, -0.1) is 0 Å². The van der Waals surface area contributed by atoms with Gasteiger partial charge in [-0.05, 0) is 54.2 Å². The van der Waals surface area contributed by atoms with E-state index < -0.39 is 11.7 Å². The molecular formula is C19H23F3O2. The van der Waals surface area contributed by atoms with Crippen LogP contribution in [0.2, 0.25) is 0 Å². The molecule has 4 rings (SSSR count). The predicted molar refractivity (Wildman–Crippen MR) is 83.2 cm³/mol. The molecule has 3 aliphatic rings. The molecular weight excluding hydrogens is 317 g/mol. The quantitative estimate of drug-likeness (QED) is 0.811. The lowest BCUT2D eigenvalue weighted by molar-refractivity contribution is -0.164. The van der Waals surface area contributed by atoms with Gasteiger partial charge in [-0.2, -0.15) is 13.2 Å². The van der Waals surface area contributed by atoms with Crippen LogP contribution < -0.4 is 0 Å². The molecule has 24 heavy (non-hydrogen) atoms. The maximum atomic E-state index is 12.8. The SMILES string of the molecule is CC1(C)[C@@H]2C[C@@H]3[C@@H](c4ccc(C(F)(F)F)cc4)OCC[C@@]3(C2)[C@@H]1O. The molecule has 0 unspecified atom stereocenters. The maximum absolute atomic E-state index is 12.8. The van der Waals surface area contributed by atoms with Gasteiger partial charge in [-0.3, -0.25) is 0 Å². The van der Waals surface area contributed by atoms with E-state index in [1.807, 2.05) is 0 Å². The van der Waals surface area contributed by atoms with Crippen LogP contribution in [0.3, 0.4) is 0 Å². The summed E-state index contributed by atoms with van der Waals surface area (Å²) in [7, 11) is 0. The Hall–Kier alpha value is -1.07. The number of halogens is 3. The van der Waals surface area contributed by atoms with Crippen molar-refractivity contribution in [2.24, 2.45) is 22.7 Å². The van der Waals surface area contributed by atoms with Crippen molar-refractivity contribution in [3.8, 4) is 0 Å². The van der Waals surface area contributed by atoms with Crippen molar-refractivity contribution in [2.45, 2.75) is 51.5 Å². The van der Waals surface area contributed by atoms with Crippen molar-refractivity contribution >= 4 is 0 Å². The van der Waals surface area contributed by atoms with Gasteiger partial charge in [0.15, 0.2) is 0 Å². The summed E-state index contributed by atoms with van der Waals surface area (Å²) in [6.45, 7) is 4.83. The number of benzene rings is 1. The van der Waals surface area contributed by atoms with Crippen LogP contribution in [-0.4, -0.2) is 17.8 Å². The third kappa shape index (κ3) is 2.10. The van der Waals surface area contributed by atoms with Crippen LogP contribution >= 0.6 is 0 Å². The van der Waals surface area contributed by atoms with E-state index in [-0.39, 0.29) is 29.0 Å². The molecule has 2 saturated carbocycles. The summed E-state index contributed by atoms with van der Waals surface area (Å²) >= 11 is 0. The summed E-state index contributed by atoms with van der Waals surface area (Å²) in [5, 5.41) is 10.9. The minimum Gasteiger partial charge on any atom is -0.392 e. The lowest BCUT2D eigenvalue weighted by Gasteiger charge is -2.51. The summed E-state index contributed by atoms with van der Waals surface area (Å²) in [6.07, 6.45) is -2.07. The molecule has 2 nitrogen and oxygen atoms in total. The number of rotatable bonds is 1. The standard InChI is InChI=1S/C19H23F3O2/c1-17(2)13-9-14-15(24-8-7-18(14,10-13)16(17)23)11-3-5-12(6-4-11)19(20,21)22/h3-6,13-16,23H,7-10H2,1-2H3/t13-,14-,15-,16-,18+/m1/s1. The van der Waals surface area contributed by atoms with E-state index in [9.17, 15) is 18.3 Å². The fraction of sp³-hybridized carbons (Fsp3) is 0.684. The molecule has 1 saturated heterocycles. The van der Waals surface area contributed by atoms with Gasteiger partial charge >= 0.3 is 6.18 Å². The summed E-state index contributed by atoms with van der Waals surface area (Å²) < 4.78 is 44.3. The Bertz CT molecular complexity index is 637. The highest BCUT2D eigenvalue weighted by atomic mass is 19.4. The molecule has 0 aromatic heterocycles. The zero-order valence-corrected chi connectivity index (χ0v) is 13.9. The van der Waals surface area contributed by atoms with Crippen LogP contribution in [0, 0.1) is 22.7 Å². The van der Waals surface area contributed by atoms with Crippen molar-refractivity contribution in [1.29, 1.82) is 0 Å². The highest BCUT2D eigenvalue weighted by Gasteiger charge is 2.68. The fourth-order valence-electron chi connectivity index (χ4n) is 5.61. The Morgan fingerprint density at radius 3 is 2.42 bits per heavy atom. The number of aliphatic hydroxyl groups is 1. The molecule has 5 heteroatoms. The predicted octanol–water partition coefficient (Wildman–Crippen LogP) is 4.58. The van der Waals surface area contributed by atoms with Gasteiger partial charge in [-0.25, -0.2) is 0 Å². The molecule has 2 aliphatic carbocycles. The van der Waals surface area contributed by atoms with Crippen LogP contribution in [0.15, 0.2) is 24.3 Å². The molecule has 1 heterocycles. The van der Waals surface area contributed by atoms with Gasteiger partial charge in [0.05, 0.1) is 17.8 Å². The molecule has 1 aliphatic heterocycles. The lowest BCUT2D eigenvalue weighted by Crippen LogP contribution is -2.51. The normalized spacial score (nSPS) is 40.6. The molecule has 5 atom stereocenters. The molecule has 2 bridgehead atoms. The van der Waals surface area contributed by atoms with E-state index in [0.717, 1.165) is 37.0 Å². The van der Waals surface area contributed by atoms with Gasteiger partial charge < -0.3 is 9.84 Å². The van der Waals surface area contributed by atoms with Crippen LogP contribution in [0.4, 0.5) is 13.2 Å². The molecule has 0 radical (unpaired) electrons. The van der Waals surface area contributed by atoms with E-state index in [0.29, 0.717) is 12.5 Å². The third-order valence-corrected chi connectivity index (χ3v) is 7.00. The van der Waals surface area contributed by atoms with E-state index >= 15 is 0 Å². The van der Waals surface area contributed by atoms with Crippen molar-refractivity contribution in [3.63, 3.8) is 0 Å².